The molecule has 0 atom stereocenters. The van der Waals surface area contributed by atoms with Crippen molar-refractivity contribution in [1.29, 1.82) is 0 Å². The van der Waals surface area contributed by atoms with E-state index < -0.39 is 10.0 Å². The summed E-state index contributed by atoms with van der Waals surface area (Å²) < 4.78 is 38.2. The Labute approximate surface area is 155 Å². The molecule has 0 saturated carbocycles. The summed E-state index contributed by atoms with van der Waals surface area (Å²) in [5, 5.41) is 0. The topological polar surface area (TPSA) is 59.1 Å². The van der Waals surface area contributed by atoms with Crippen LogP contribution < -0.4 is 14.4 Å². The number of piperazine rings is 1. The molecule has 0 radical (unpaired) electrons. The highest BCUT2D eigenvalue weighted by atomic mass is 32.2. The van der Waals surface area contributed by atoms with Gasteiger partial charge in [-0.25, -0.2) is 8.42 Å². The van der Waals surface area contributed by atoms with Gasteiger partial charge in [-0.2, -0.15) is 4.31 Å². The van der Waals surface area contributed by atoms with Crippen LogP contribution >= 0.6 is 0 Å². The molecule has 26 heavy (non-hydrogen) atoms. The monoisotopic (exact) mass is 376 g/mol. The molecule has 1 fully saturated rings. The number of rotatable bonds is 5. The highest BCUT2D eigenvalue weighted by molar-refractivity contribution is 7.89. The van der Waals surface area contributed by atoms with E-state index >= 15 is 0 Å². The summed E-state index contributed by atoms with van der Waals surface area (Å²) in [5.74, 6) is 0.815. The second-order valence-electron chi connectivity index (χ2n) is 6.19. The summed E-state index contributed by atoms with van der Waals surface area (Å²) in [6.07, 6.45) is 0. The lowest BCUT2D eigenvalue weighted by Gasteiger charge is -2.36. The van der Waals surface area contributed by atoms with Crippen LogP contribution in [0.15, 0.2) is 47.4 Å². The van der Waals surface area contributed by atoms with Crippen LogP contribution in [0.25, 0.3) is 0 Å². The fourth-order valence-electron chi connectivity index (χ4n) is 3.21. The van der Waals surface area contributed by atoms with Gasteiger partial charge in [-0.15, -0.1) is 0 Å². The minimum atomic E-state index is -3.65. The smallest absolute Gasteiger partial charge is 0.247 e. The highest BCUT2D eigenvalue weighted by Gasteiger charge is 2.31. The van der Waals surface area contributed by atoms with Crippen molar-refractivity contribution in [2.24, 2.45) is 0 Å². The first-order valence-corrected chi connectivity index (χ1v) is 9.94. The SMILES string of the molecule is COc1ccc(OC)c(S(=O)(=O)N2CCN(c3ccccc3C)CC2)c1. The maximum Gasteiger partial charge on any atom is 0.247 e. The minimum Gasteiger partial charge on any atom is -0.497 e. The van der Waals surface area contributed by atoms with E-state index in [-0.39, 0.29) is 4.90 Å². The fourth-order valence-corrected chi connectivity index (χ4v) is 4.81. The first-order chi connectivity index (χ1) is 12.5. The van der Waals surface area contributed by atoms with Crippen molar-refractivity contribution in [2.75, 3.05) is 45.3 Å². The van der Waals surface area contributed by atoms with Gasteiger partial charge < -0.3 is 14.4 Å². The van der Waals surface area contributed by atoms with Gasteiger partial charge in [0.1, 0.15) is 16.4 Å². The molecule has 2 aromatic rings. The van der Waals surface area contributed by atoms with Gasteiger partial charge in [-0.3, -0.25) is 0 Å². The Bertz CT molecular complexity index is 875. The van der Waals surface area contributed by atoms with Crippen LogP contribution in [0.5, 0.6) is 11.5 Å². The number of hydrogen-bond acceptors (Lipinski definition) is 5. The average molecular weight is 376 g/mol. The molecule has 1 saturated heterocycles. The molecule has 7 heteroatoms. The summed E-state index contributed by atoms with van der Waals surface area (Å²) in [4.78, 5) is 2.37. The van der Waals surface area contributed by atoms with Crippen molar-refractivity contribution in [3.63, 3.8) is 0 Å². The zero-order valence-corrected chi connectivity index (χ0v) is 16.1. The Morgan fingerprint density at radius 1 is 0.923 bits per heavy atom. The molecular weight excluding hydrogens is 352 g/mol. The second kappa shape index (κ2) is 7.55. The van der Waals surface area contributed by atoms with E-state index in [1.807, 2.05) is 12.1 Å². The number of benzene rings is 2. The molecule has 1 aliphatic rings. The van der Waals surface area contributed by atoms with E-state index in [9.17, 15) is 8.42 Å². The van der Waals surface area contributed by atoms with E-state index in [4.69, 9.17) is 9.47 Å². The number of sulfonamides is 1. The number of para-hydroxylation sites is 1. The molecule has 140 valence electrons. The van der Waals surface area contributed by atoms with E-state index in [0.29, 0.717) is 37.7 Å². The zero-order chi connectivity index (χ0) is 18.7. The lowest BCUT2D eigenvalue weighted by molar-refractivity contribution is 0.370. The van der Waals surface area contributed by atoms with Gasteiger partial charge in [-0.1, -0.05) is 18.2 Å². The summed E-state index contributed by atoms with van der Waals surface area (Å²) in [6, 6.07) is 13.0. The molecule has 1 aliphatic heterocycles. The van der Waals surface area contributed by atoms with Gasteiger partial charge in [-0.05, 0) is 30.7 Å². The van der Waals surface area contributed by atoms with E-state index in [1.165, 1.54) is 30.2 Å². The van der Waals surface area contributed by atoms with Crippen LogP contribution in [-0.4, -0.2) is 53.1 Å². The van der Waals surface area contributed by atoms with E-state index in [0.717, 1.165) is 5.69 Å². The van der Waals surface area contributed by atoms with Crippen molar-refractivity contribution in [1.82, 2.24) is 4.31 Å². The van der Waals surface area contributed by atoms with Crippen molar-refractivity contribution in [3.8, 4) is 11.5 Å². The summed E-state index contributed by atoms with van der Waals surface area (Å²) in [7, 11) is -0.669. The summed E-state index contributed by atoms with van der Waals surface area (Å²) in [5.41, 5.74) is 2.35. The average Bonchev–Trinajstić information content (AvgIpc) is 2.68. The first kappa shape index (κ1) is 18.5. The van der Waals surface area contributed by atoms with Crippen LogP contribution in [0.4, 0.5) is 5.69 Å². The molecule has 3 rings (SSSR count). The van der Waals surface area contributed by atoms with Gasteiger partial charge >= 0.3 is 0 Å². The molecule has 0 bridgehead atoms. The predicted octanol–water partition coefficient (Wildman–Crippen LogP) is 2.52. The van der Waals surface area contributed by atoms with Gasteiger partial charge in [0, 0.05) is 37.9 Å². The van der Waals surface area contributed by atoms with Crippen LogP contribution in [0.1, 0.15) is 5.56 Å². The molecule has 0 spiro atoms. The minimum absolute atomic E-state index is 0.142. The molecule has 6 nitrogen and oxygen atoms in total. The van der Waals surface area contributed by atoms with Crippen molar-refractivity contribution in [2.45, 2.75) is 11.8 Å². The van der Waals surface area contributed by atoms with Crippen molar-refractivity contribution in [3.05, 3.63) is 48.0 Å². The Hall–Kier alpha value is -2.25. The molecule has 2 aromatic carbocycles. The van der Waals surface area contributed by atoms with Gasteiger partial charge in [0.25, 0.3) is 0 Å². The Balaban J connectivity index is 1.81. The van der Waals surface area contributed by atoms with Gasteiger partial charge in [0.15, 0.2) is 0 Å². The maximum absolute atomic E-state index is 13.1. The molecular formula is C19H24N2O4S. The lowest BCUT2D eigenvalue weighted by Crippen LogP contribution is -2.48. The predicted molar refractivity (Wildman–Crippen MR) is 102 cm³/mol. The number of hydrogen-bond donors (Lipinski definition) is 0. The molecule has 0 N–H and O–H groups in total. The largest absolute Gasteiger partial charge is 0.497 e. The van der Waals surface area contributed by atoms with Crippen LogP contribution in [0, 0.1) is 6.92 Å². The molecule has 0 aliphatic carbocycles. The molecule has 0 aromatic heterocycles. The van der Waals surface area contributed by atoms with Gasteiger partial charge in [0.05, 0.1) is 14.2 Å². The number of nitrogens with zero attached hydrogens (tertiary/aromatic N) is 2. The zero-order valence-electron chi connectivity index (χ0n) is 15.3. The highest BCUT2D eigenvalue weighted by Crippen LogP contribution is 2.31. The number of ether oxygens (including phenoxy) is 2. The third-order valence-corrected chi connectivity index (χ3v) is 6.60. The second-order valence-corrected chi connectivity index (χ2v) is 8.10. The summed E-state index contributed by atoms with van der Waals surface area (Å²) >= 11 is 0. The standard InChI is InChI=1S/C19H24N2O4S/c1-15-6-4-5-7-17(15)20-10-12-21(13-11-20)26(22,23)19-14-16(24-2)8-9-18(19)25-3/h4-9,14H,10-13H2,1-3H3. The van der Waals surface area contributed by atoms with Crippen LogP contribution in [0.2, 0.25) is 0 Å². The van der Waals surface area contributed by atoms with Crippen LogP contribution in [0.3, 0.4) is 0 Å². The third kappa shape index (κ3) is 3.50. The Morgan fingerprint density at radius 3 is 2.23 bits per heavy atom. The van der Waals surface area contributed by atoms with Gasteiger partial charge in [0.2, 0.25) is 10.0 Å². The fraction of sp³-hybridized carbons (Fsp3) is 0.368. The van der Waals surface area contributed by atoms with E-state index in [2.05, 4.69) is 24.0 Å². The number of anilines is 1. The van der Waals surface area contributed by atoms with Crippen molar-refractivity contribution >= 4 is 15.7 Å². The maximum atomic E-state index is 13.1. The van der Waals surface area contributed by atoms with E-state index in [1.54, 1.807) is 12.1 Å². The Morgan fingerprint density at radius 2 is 1.62 bits per heavy atom. The van der Waals surface area contributed by atoms with Crippen molar-refractivity contribution < 1.29 is 17.9 Å². The number of methoxy groups -OCH3 is 2. The molecule has 0 unspecified atom stereocenters. The number of aryl methyl sites for hydroxylation is 1. The lowest BCUT2D eigenvalue weighted by atomic mass is 10.1. The Kier molecular flexibility index (Phi) is 5.38. The third-order valence-electron chi connectivity index (χ3n) is 4.68. The quantitative estimate of drug-likeness (QED) is 0.803. The normalized spacial score (nSPS) is 15.7. The van der Waals surface area contributed by atoms with Crippen LogP contribution in [-0.2, 0) is 10.0 Å². The molecule has 1 heterocycles. The first-order valence-electron chi connectivity index (χ1n) is 8.50. The molecule has 0 amide bonds. The summed E-state index contributed by atoms with van der Waals surface area (Å²) in [6.45, 7) is 4.22.